The van der Waals surface area contributed by atoms with Crippen LogP contribution in [0.2, 0.25) is 0 Å². The van der Waals surface area contributed by atoms with E-state index < -0.39 is 0 Å². The zero-order valence-electron chi connectivity index (χ0n) is 13.6. The van der Waals surface area contributed by atoms with Crippen molar-refractivity contribution in [2.75, 3.05) is 26.4 Å². The average Bonchev–Trinajstić information content (AvgIpc) is 2.49. The topological polar surface area (TPSA) is 80.9 Å². The number of aliphatic hydroxyl groups excluding tert-OH is 4. The molecule has 5 heteroatoms. The number of hydrogen-bond donors (Lipinski definition) is 4. The second-order valence-electron chi connectivity index (χ2n) is 2.89. The van der Waals surface area contributed by atoms with E-state index in [2.05, 4.69) is 6.92 Å². The van der Waals surface area contributed by atoms with Crippen molar-refractivity contribution < 1.29 is 42.8 Å². The maximum absolute atomic E-state index is 7.88. The molecule has 0 atom stereocenters. The van der Waals surface area contributed by atoms with Crippen LogP contribution in [0.5, 0.6) is 0 Å². The first-order chi connectivity index (χ1) is 8.66. The molecule has 0 amide bonds. The van der Waals surface area contributed by atoms with Gasteiger partial charge in [0.15, 0.2) is 0 Å². The van der Waals surface area contributed by atoms with E-state index in [1.807, 2.05) is 27.7 Å². The van der Waals surface area contributed by atoms with Crippen LogP contribution in [0.4, 0.5) is 0 Å². The molecule has 1 radical (unpaired) electrons. The molecule has 0 aromatic carbocycles. The molecule has 0 heterocycles. The Labute approximate surface area is 136 Å². The van der Waals surface area contributed by atoms with Crippen LogP contribution >= 0.6 is 0 Å². The maximum Gasteiger partial charge on any atom is 0.0428 e. The molecule has 0 saturated heterocycles. The van der Waals surface area contributed by atoms with Crippen molar-refractivity contribution in [1.29, 1.82) is 0 Å². The van der Waals surface area contributed by atoms with E-state index in [0.717, 1.165) is 25.7 Å². The third kappa shape index (κ3) is 243. The van der Waals surface area contributed by atoms with Crippen molar-refractivity contribution in [3.63, 3.8) is 0 Å². The fourth-order valence-electron chi connectivity index (χ4n) is 0. The van der Waals surface area contributed by atoms with Gasteiger partial charge < -0.3 is 27.3 Å². The zero-order chi connectivity index (χ0) is 15.7. The minimum absolute atomic E-state index is 0. The minimum Gasteiger partial charge on any atom is -0.396 e. The number of hydrogen-bond acceptors (Lipinski definition) is 4. The first-order valence-corrected chi connectivity index (χ1v) is 6.80. The summed E-state index contributed by atoms with van der Waals surface area (Å²) in [5, 5.41) is 31.5. The summed E-state index contributed by atoms with van der Waals surface area (Å²) < 4.78 is 0. The van der Waals surface area contributed by atoms with Crippen LogP contribution in [-0.4, -0.2) is 46.9 Å². The van der Waals surface area contributed by atoms with Gasteiger partial charge in [-0.2, -0.15) is 6.92 Å². The molecular weight excluding hydrogens is 325 g/mol. The van der Waals surface area contributed by atoms with Crippen LogP contribution in [0.1, 0.15) is 60.3 Å². The van der Waals surface area contributed by atoms with Crippen LogP contribution in [0, 0.1) is 6.92 Å². The molecule has 0 rings (SSSR count). The van der Waals surface area contributed by atoms with Gasteiger partial charge in [-0.15, -0.1) is 0 Å². The van der Waals surface area contributed by atoms with Gasteiger partial charge in [0.1, 0.15) is 0 Å². The van der Waals surface area contributed by atoms with E-state index in [-0.39, 0.29) is 22.4 Å². The molecule has 4 nitrogen and oxygen atoms in total. The molecule has 0 saturated carbocycles. The Morgan fingerprint density at radius 1 is 0.526 bits per heavy atom. The van der Waals surface area contributed by atoms with Gasteiger partial charge in [-0.3, -0.25) is 0 Å². The zero-order valence-corrected chi connectivity index (χ0v) is 15.8. The Kier molecular flexibility index (Phi) is 150. The van der Waals surface area contributed by atoms with Crippen LogP contribution in [0.3, 0.4) is 0 Å². The monoisotopic (exact) mass is 362 g/mol. The van der Waals surface area contributed by atoms with E-state index in [9.17, 15) is 0 Å². The largest absolute Gasteiger partial charge is 0.396 e. The average molecular weight is 362 g/mol. The van der Waals surface area contributed by atoms with Gasteiger partial charge in [0.2, 0.25) is 0 Å². The molecule has 0 fully saturated rings. The summed E-state index contributed by atoms with van der Waals surface area (Å²) in [6, 6.07) is 0. The summed E-state index contributed by atoms with van der Waals surface area (Å²) in [5.74, 6) is 0. The fraction of sp³-hybridized carbons (Fsp3) is 0.929. The van der Waals surface area contributed by atoms with Crippen molar-refractivity contribution in [2.45, 2.75) is 60.3 Å². The van der Waals surface area contributed by atoms with Gasteiger partial charge in [-0.25, -0.2) is 0 Å². The predicted octanol–water partition coefficient (Wildman–Crippen LogP) is 2.39. The Hall–Kier alpha value is 0.580. The third-order valence-electron chi connectivity index (χ3n) is 0.894. The van der Waals surface area contributed by atoms with Crippen molar-refractivity contribution in [2.24, 2.45) is 0 Å². The van der Waals surface area contributed by atoms with E-state index >= 15 is 0 Å². The summed E-state index contributed by atoms with van der Waals surface area (Å²) in [5.41, 5.74) is 0. The Balaban J connectivity index is -0.0000000279. The van der Waals surface area contributed by atoms with Gasteiger partial charge in [0, 0.05) is 48.8 Å². The first-order valence-electron chi connectivity index (χ1n) is 6.80. The number of rotatable bonds is 4. The number of aliphatic hydroxyl groups is 4. The van der Waals surface area contributed by atoms with Gasteiger partial charge >= 0.3 is 0 Å². The summed E-state index contributed by atoms with van der Waals surface area (Å²) >= 11 is 0. The fourth-order valence-corrected chi connectivity index (χ4v) is 0. The maximum atomic E-state index is 7.88. The first kappa shape index (κ1) is 36.7. The molecule has 0 aromatic rings. The molecule has 0 unspecified atom stereocenters. The van der Waals surface area contributed by atoms with Crippen LogP contribution in [0.25, 0.3) is 0 Å². The smallest absolute Gasteiger partial charge is 0.0428 e. The SMILES string of the molecule is CCCO.CCCO.CCCO.CCCO.[CH2-]C.[Nb]. The summed E-state index contributed by atoms with van der Waals surface area (Å²) in [7, 11) is 0. The third-order valence-corrected chi connectivity index (χ3v) is 0.894. The molecule has 0 aliphatic carbocycles. The van der Waals surface area contributed by atoms with Crippen LogP contribution in [0.15, 0.2) is 0 Å². The standard InChI is InChI=1S/4C3H8O.C2H5.Nb/c4*1-2-3-4;1-2;/h4*4H,2-3H2,1H3;1H2,2H3;/q;;;;-1;. The molecule has 0 aliphatic rings. The molecule has 19 heavy (non-hydrogen) atoms. The molecule has 0 bridgehead atoms. The van der Waals surface area contributed by atoms with E-state index in [1.54, 1.807) is 6.92 Å². The quantitative estimate of drug-likeness (QED) is 0.457. The minimum atomic E-state index is 0. The molecule has 0 aromatic heterocycles. The Morgan fingerprint density at radius 2 is 0.579 bits per heavy atom. The molecule has 0 aliphatic heterocycles. The molecule has 4 N–H and O–H groups in total. The van der Waals surface area contributed by atoms with E-state index in [1.165, 1.54) is 0 Å². The van der Waals surface area contributed by atoms with Crippen LogP contribution < -0.4 is 0 Å². The Morgan fingerprint density at radius 3 is 0.579 bits per heavy atom. The van der Waals surface area contributed by atoms with E-state index in [0.29, 0.717) is 26.4 Å². The molecular formula is C14H37NbO4-. The summed E-state index contributed by atoms with van der Waals surface area (Å²) in [6.45, 7) is 14.0. The van der Waals surface area contributed by atoms with Gasteiger partial charge in [-0.1, -0.05) is 27.7 Å². The van der Waals surface area contributed by atoms with Crippen molar-refractivity contribution >= 4 is 0 Å². The van der Waals surface area contributed by atoms with E-state index in [4.69, 9.17) is 20.4 Å². The summed E-state index contributed by atoms with van der Waals surface area (Å²) in [4.78, 5) is 0. The van der Waals surface area contributed by atoms with Gasteiger partial charge in [0.05, 0.1) is 0 Å². The van der Waals surface area contributed by atoms with Gasteiger partial charge in [-0.05, 0) is 25.7 Å². The second kappa shape index (κ2) is 78.0. The second-order valence-corrected chi connectivity index (χ2v) is 2.89. The molecule has 0 spiro atoms. The van der Waals surface area contributed by atoms with Crippen LogP contribution in [-0.2, 0) is 22.4 Å². The van der Waals surface area contributed by atoms with Gasteiger partial charge in [0.25, 0.3) is 0 Å². The predicted molar refractivity (Wildman–Crippen MR) is 80.5 cm³/mol. The van der Waals surface area contributed by atoms with Crippen molar-refractivity contribution in [3.05, 3.63) is 6.92 Å². The van der Waals surface area contributed by atoms with Crippen molar-refractivity contribution in [1.82, 2.24) is 0 Å². The summed E-state index contributed by atoms with van der Waals surface area (Å²) in [6.07, 6.45) is 3.50. The van der Waals surface area contributed by atoms with Crippen molar-refractivity contribution in [3.8, 4) is 0 Å². The molecule has 123 valence electrons. The Bertz CT molecular complexity index is 43.4. The normalized spacial score (nSPS) is 6.63.